The minimum atomic E-state index is 0.647. The van der Waals surface area contributed by atoms with Gasteiger partial charge in [-0.3, -0.25) is 0 Å². The molecule has 1 N–H and O–H groups in total. The van der Waals surface area contributed by atoms with Crippen LogP contribution in [0.15, 0.2) is 24.3 Å². The zero-order chi connectivity index (χ0) is 11.8. The van der Waals surface area contributed by atoms with Crippen molar-refractivity contribution >= 4 is 0 Å². The van der Waals surface area contributed by atoms with Crippen molar-refractivity contribution in [3.8, 4) is 0 Å². The van der Waals surface area contributed by atoms with Gasteiger partial charge in [-0.1, -0.05) is 38.1 Å². The number of benzene rings is 1. The van der Waals surface area contributed by atoms with Crippen molar-refractivity contribution in [2.45, 2.75) is 63.5 Å². The summed E-state index contributed by atoms with van der Waals surface area (Å²) in [5, 5.41) is 3.72. The van der Waals surface area contributed by atoms with Gasteiger partial charge in [0.15, 0.2) is 0 Å². The molecule has 1 unspecified atom stereocenters. The highest BCUT2D eigenvalue weighted by Gasteiger charge is 2.33. The minimum absolute atomic E-state index is 0.647. The number of piperidine rings is 1. The van der Waals surface area contributed by atoms with Crippen LogP contribution in [0.3, 0.4) is 0 Å². The Labute approximate surface area is 105 Å². The van der Waals surface area contributed by atoms with Crippen molar-refractivity contribution in [3.63, 3.8) is 0 Å². The number of hydrogen-bond acceptors (Lipinski definition) is 1. The quantitative estimate of drug-likeness (QED) is 0.813. The van der Waals surface area contributed by atoms with Crippen LogP contribution >= 0.6 is 0 Å². The molecule has 1 nitrogen and oxygen atoms in total. The van der Waals surface area contributed by atoms with Crippen molar-refractivity contribution in [2.24, 2.45) is 0 Å². The summed E-state index contributed by atoms with van der Waals surface area (Å²) in [6, 6.07) is 11.0. The molecule has 1 heteroatoms. The lowest BCUT2D eigenvalue weighted by Crippen LogP contribution is -2.37. The summed E-state index contributed by atoms with van der Waals surface area (Å²) in [5.74, 6) is 1.45. The maximum Gasteiger partial charge on any atom is 0.00760 e. The van der Waals surface area contributed by atoms with E-state index >= 15 is 0 Å². The SMILES string of the molecule is CC(C)c1ccc(C2C[C@H]3CC[C@@H](C2)N3)cc1. The number of fused-ring (bicyclic) bond motifs is 2. The van der Waals surface area contributed by atoms with Gasteiger partial charge in [-0.2, -0.15) is 0 Å². The maximum absolute atomic E-state index is 3.72. The Balaban J connectivity index is 1.75. The molecule has 17 heavy (non-hydrogen) atoms. The third kappa shape index (κ3) is 2.26. The number of nitrogens with one attached hydrogen (secondary N) is 1. The van der Waals surface area contributed by atoms with E-state index in [2.05, 4.69) is 43.4 Å². The fraction of sp³-hybridized carbons (Fsp3) is 0.625. The summed E-state index contributed by atoms with van der Waals surface area (Å²) in [5.41, 5.74) is 3.03. The molecule has 0 spiro atoms. The van der Waals surface area contributed by atoms with Crippen LogP contribution in [0, 0.1) is 0 Å². The highest BCUT2D eigenvalue weighted by atomic mass is 15.0. The van der Waals surface area contributed by atoms with E-state index in [0.717, 1.165) is 18.0 Å². The zero-order valence-electron chi connectivity index (χ0n) is 10.9. The molecule has 3 atom stereocenters. The highest BCUT2D eigenvalue weighted by Crippen LogP contribution is 2.37. The maximum atomic E-state index is 3.72. The van der Waals surface area contributed by atoms with E-state index in [-0.39, 0.29) is 0 Å². The Morgan fingerprint density at radius 1 is 1.00 bits per heavy atom. The van der Waals surface area contributed by atoms with Gasteiger partial charge in [0, 0.05) is 12.1 Å². The predicted octanol–water partition coefficient (Wildman–Crippen LogP) is 3.81. The molecule has 0 radical (unpaired) electrons. The molecule has 3 rings (SSSR count). The van der Waals surface area contributed by atoms with Gasteiger partial charge in [0.25, 0.3) is 0 Å². The van der Waals surface area contributed by atoms with Crippen molar-refractivity contribution in [1.29, 1.82) is 0 Å². The largest absolute Gasteiger partial charge is 0.311 e. The van der Waals surface area contributed by atoms with Gasteiger partial charge < -0.3 is 5.32 Å². The van der Waals surface area contributed by atoms with Crippen LogP contribution in [0.5, 0.6) is 0 Å². The molecule has 2 aliphatic heterocycles. The summed E-state index contributed by atoms with van der Waals surface area (Å²) >= 11 is 0. The van der Waals surface area contributed by atoms with Crippen LogP contribution in [-0.2, 0) is 0 Å². The molecule has 0 amide bonds. The average Bonchev–Trinajstić information content (AvgIpc) is 2.68. The average molecular weight is 229 g/mol. The first-order valence-electron chi connectivity index (χ1n) is 7.08. The van der Waals surface area contributed by atoms with Gasteiger partial charge in [-0.15, -0.1) is 0 Å². The number of rotatable bonds is 2. The summed E-state index contributed by atoms with van der Waals surface area (Å²) in [4.78, 5) is 0. The smallest absolute Gasteiger partial charge is 0.00760 e. The summed E-state index contributed by atoms with van der Waals surface area (Å²) < 4.78 is 0. The predicted molar refractivity (Wildman–Crippen MR) is 72.5 cm³/mol. The first-order chi connectivity index (χ1) is 8.22. The molecule has 0 aliphatic carbocycles. The topological polar surface area (TPSA) is 12.0 Å². The lowest BCUT2D eigenvalue weighted by atomic mass is 9.85. The first-order valence-corrected chi connectivity index (χ1v) is 7.08. The van der Waals surface area contributed by atoms with Crippen LogP contribution in [0.1, 0.15) is 62.5 Å². The minimum Gasteiger partial charge on any atom is -0.311 e. The summed E-state index contributed by atoms with van der Waals surface area (Å²) in [7, 11) is 0. The Morgan fingerprint density at radius 3 is 2.12 bits per heavy atom. The van der Waals surface area contributed by atoms with Gasteiger partial charge in [0.1, 0.15) is 0 Å². The van der Waals surface area contributed by atoms with E-state index in [1.54, 1.807) is 5.56 Å². The molecule has 92 valence electrons. The summed E-state index contributed by atoms with van der Waals surface area (Å²) in [6.45, 7) is 4.53. The molecule has 2 bridgehead atoms. The van der Waals surface area contributed by atoms with Gasteiger partial charge in [-0.05, 0) is 48.6 Å². The normalized spacial score (nSPS) is 32.1. The van der Waals surface area contributed by atoms with E-state index in [1.165, 1.54) is 31.2 Å². The Kier molecular flexibility index (Phi) is 2.96. The van der Waals surface area contributed by atoms with Crippen LogP contribution in [0.2, 0.25) is 0 Å². The van der Waals surface area contributed by atoms with Crippen LogP contribution in [-0.4, -0.2) is 12.1 Å². The van der Waals surface area contributed by atoms with Crippen molar-refractivity contribution < 1.29 is 0 Å². The molecule has 2 aliphatic rings. The molecule has 0 aromatic heterocycles. The molecule has 2 heterocycles. The zero-order valence-corrected chi connectivity index (χ0v) is 10.9. The third-order valence-corrected chi connectivity index (χ3v) is 4.55. The van der Waals surface area contributed by atoms with E-state index in [4.69, 9.17) is 0 Å². The van der Waals surface area contributed by atoms with E-state index in [9.17, 15) is 0 Å². The van der Waals surface area contributed by atoms with Crippen molar-refractivity contribution in [1.82, 2.24) is 5.32 Å². The van der Waals surface area contributed by atoms with Gasteiger partial charge >= 0.3 is 0 Å². The second kappa shape index (κ2) is 4.45. The van der Waals surface area contributed by atoms with E-state index < -0.39 is 0 Å². The van der Waals surface area contributed by atoms with Gasteiger partial charge in [0.2, 0.25) is 0 Å². The monoisotopic (exact) mass is 229 g/mol. The molecule has 0 saturated carbocycles. The highest BCUT2D eigenvalue weighted by molar-refractivity contribution is 5.28. The van der Waals surface area contributed by atoms with Crippen LogP contribution in [0.4, 0.5) is 0 Å². The van der Waals surface area contributed by atoms with Crippen LogP contribution < -0.4 is 5.32 Å². The van der Waals surface area contributed by atoms with Crippen molar-refractivity contribution in [3.05, 3.63) is 35.4 Å². The molecule has 1 aromatic carbocycles. The fourth-order valence-electron chi connectivity index (χ4n) is 3.48. The molecule has 1 aromatic rings. The summed E-state index contributed by atoms with van der Waals surface area (Å²) in [6.07, 6.45) is 5.48. The van der Waals surface area contributed by atoms with E-state index in [0.29, 0.717) is 5.92 Å². The van der Waals surface area contributed by atoms with Crippen LogP contribution in [0.25, 0.3) is 0 Å². The third-order valence-electron chi connectivity index (χ3n) is 4.55. The lowest BCUT2D eigenvalue weighted by Gasteiger charge is -2.29. The second-order valence-electron chi connectivity index (χ2n) is 6.13. The Hall–Kier alpha value is -0.820. The molecular weight excluding hydrogens is 206 g/mol. The van der Waals surface area contributed by atoms with Gasteiger partial charge in [-0.25, -0.2) is 0 Å². The lowest BCUT2D eigenvalue weighted by molar-refractivity contribution is 0.363. The second-order valence-corrected chi connectivity index (χ2v) is 6.13. The standard InChI is InChI=1S/C16H23N/c1-11(2)12-3-5-13(6-4-12)14-9-15-7-8-16(10-14)17-15/h3-6,11,14-17H,7-10H2,1-2H3/t14?,15-,16+. The molecule has 2 saturated heterocycles. The Bertz CT molecular complexity index is 367. The number of hydrogen-bond donors (Lipinski definition) is 1. The van der Waals surface area contributed by atoms with Gasteiger partial charge in [0.05, 0.1) is 0 Å². The molecular formula is C16H23N. The fourth-order valence-corrected chi connectivity index (χ4v) is 3.48. The Morgan fingerprint density at radius 2 is 1.59 bits per heavy atom. The van der Waals surface area contributed by atoms with E-state index in [1.807, 2.05) is 0 Å². The molecule has 2 fully saturated rings. The first kappa shape index (κ1) is 11.3. The van der Waals surface area contributed by atoms with Crippen molar-refractivity contribution in [2.75, 3.05) is 0 Å².